The van der Waals surface area contributed by atoms with Gasteiger partial charge in [0.05, 0.1) is 0 Å². The van der Waals surface area contributed by atoms with Gasteiger partial charge in [0, 0.05) is 18.7 Å². The van der Waals surface area contributed by atoms with E-state index in [0.717, 1.165) is 40.6 Å². The van der Waals surface area contributed by atoms with Crippen LogP contribution >= 0.6 is 0 Å². The number of halogens is 2. The van der Waals surface area contributed by atoms with Crippen molar-refractivity contribution >= 4 is 26.8 Å². The van der Waals surface area contributed by atoms with Crippen LogP contribution in [0.1, 0.15) is 21.5 Å². The Hall–Kier alpha value is -4.56. The van der Waals surface area contributed by atoms with E-state index in [9.17, 15) is 22.0 Å². The second-order valence-corrected chi connectivity index (χ2v) is 10.5. The average molecular weight is 544 g/mol. The Bertz CT molecular complexity index is 1730. The quantitative estimate of drug-likeness (QED) is 0.204. The van der Waals surface area contributed by atoms with E-state index in [2.05, 4.69) is 0 Å². The van der Waals surface area contributed by atoms with Gasteiger partial charge in [-0.1, -0.05) is 60.7 Å². The molecular weight excluding hydrogens is 520 g/mol. The highest BCUT2D eigenvalue weighted by molar-refractivity contribution is 7.87. The number of carbonyl (C=O) groups excluding carboxylic acids is 1. The molecule has 0 unspecified atom stereocenters. The maximum Gasteiger partial charge on any atom is 0.339 e. The number of benzene rings is 5. The molecular formula is C31H23F2NO4S. The van der Waals surface area contributed by atoms with Gasteiger partial charge in [-0.2, -0.15) is 8.42 Å². The number of hydrogen-bond donors (Lipinski definition) is 0. The SMILES string of the molecule is O=C(c1cccc2ccccc12)N(Cc1ccc(F)cc1)Cc1cccc(OS(=O)(=O)c2ccc(F)cc2)c1. The zero-order valence-electron chi connectivity index (χ0n) is 20.6. The normalized spacial score (nSPS) is 11.3. The number of amides is 1. The van der Waals surface area contributed by atoms with Gasteiger partial charge in [-0.3, -0.25) is 4.79 Å². The van der Waals surface area contributed by atoms with Crippen molar-refractivity contribution in [3.63, 3.8) is 0 Å². The molecule has 196 valence electrons. The summed E-state index contributed by atoms with van der Waals surface area (Å²) in [5.74, 6) is -1.12. The molecule has 0 aliphatic carbocycles. The molecule has 8 heteroatoms. The van der Waals surface area contributed by atoms with Crippen molar-refractivity contribution in [3.05, 3.63) is 144 Å². The van der Waals surface area contributed by atoms with Crippen LogP contribution in [0.5, 0.6) is 5.75 Å². The molecule has 0 N–H and O–H groups in total. The molecule has 5 nitrogen and oxygen atoms in total. The van der Waals surface area contributed by atoms with Gasteiger partial charge in [-0.15, -0.1) is 0 Å². The molecule has 0 aliphatic rings. The van der Waals surface area contributed by atoms with Crippen LogP contribution in [0.4, 0.5) is 8.78 Å². The highest BCUT2D eigenvalue weighted by Gasteiger charge is 2.21. The van der Waals surface area contributed by atoms with Gasteiger partial charge in [-0.25, -0.2) is 8.78 Å². The molecule has 1 amide bonds. The lowest BCUT2D eigenvalue weighted by Crippen LogP contribution is -2.30. The fourth-order valence-corrected chi connectivity index (χ4v) is 5.21. The Balaban J connectivity index is 1.45. The van der Waals surface area contributed by atoms with Gasteiger partial charge in [0.25, 0.3) is 5.91 Å². The molecule has 0 saturated heterocycles. The van der Waals surface area contributed by atoms with Crippen molar-refractivity contribution in [1.82, 2.24) is 4.90 Å². The third kappa shape index (κ3) is 6.13. The van der Waals surface area contributed by atoms with Gasteiger partial charge in [0.15, 0.2) is 0 Å². The molecule has 5 aromatic rings. The van der Waals surface area contributed by atoms with Gasteiger partial charge in [0.1, 0.15) is 22.3 Å². The lowest BCUT2D eigenvalue weighted by Gasteiger charge is -2.24. The van der Waals surface area contributed by atoms with E-state index in [1.54, 1.807) is 35.2 Å². The number of hydrogen-bond acceptors (Lipinski definition) is 4. The van der Waals surface area contributed by atoms with Crippen LogP contribution in [0.15, 0.2) is 120 Å². The number of carbonyl (C=O) groups is 1. The molecule has 0 atom stereocenters. The lowest BCUT2D eigenvalue weighted by atomic mass is 10.0. The first-order valence-corrected chi connectivity index (χ1v) is 13.5. The summed E-state index contributed by atoms with van der Waals surface area (Å²) >= 11 is 0. The molecule has 0 saturated carbocycles. The van der Waals surface area contributed by atoms with Crippen LogP contribution in [0.25, 0.3) is 10.8 Å². The highest BCUT2D eigenvalue weighted by atomic mass is 32.2. The minimum Gasteiger partial charge on any atom is -0.379 e. The monoisotopic (exact) mass is 543 g/mol. The summed E-state index contributed by atoms with van der Waals surface area (Å²) in [6.45, 7) is 0.328. The Morgan fingerprint density at radius 2 is 1.31 bits per heavy atom. The average Bonchev–Trinajstić information content (AvgIpc) is 2.93. The number of fused-ring (bicyclic) bond motifs is 1. The van der Waals surface area contributed by atoms with Gasteiger partial charge >= 0.3 is 10.1 Å². The zero-order chi connectivity index (χ0) is 27.4. The number of nitrogens with zero attached hydrogens (tertiary/aromatic N) is 1. The minimum absolute atomic E-state index is 0.0520. The molecule has 0 radical (unpaired) electrons. The van der Waals surface area contributed by atoms with Crippen LogP contribution in [-0.2, 0) is 23.2 Å². The summed E-state index contributed by atoms with van der Waals surface area (Å²) in [6.07, 6.45) is 0. The van der Waals surface area contributed by atoms with Crippen LogP contribution < -0.4 is 4.18 Å². The summed E-state index contributed by atoms with van der Waals surface area (Å²) in [5.41, 5.74) is 1.87. The van der Waals surface area contributed by atoms with E-state index < -0.39 is 15.9 Å². The second-order valence-electron chi connectivity index (χ2n) is 8.95. The van der Waals surface area contributed by atoms with E-state index in [0.29, 0.717) is 11.1 Å². The van der Waals surface area contributed by atoms with Crippen molar-refractivity contribution in [2.45, 2.75) is 18.0 Å². The van der Waals surface area contributed by atoms with Crippen LogP contribution in [0.2, 0.25) is 0 Å². The standard InChI is InChI=1S/C31H23F2NO4S/c32-25-13-11-22(12-14-25)20-34(31(35)30-10-4-7-24-6-1-2-9-29(24)30)21-23-5-3-8-27(19-23)38-39(36,37)28-17-15-26(33)16-18-28/h1-19H,20-21H2. The van der Waals surface area contributed by atoms with Gasteiger partial charge < -0.3 is 9.08 Å². The largest absolute Gasteiger partial charge is 0.379 e. The Kier molecular flexibility index (Phi) is 7.38. The van der Waals surface area contributed by atoms with Crippen molar-refractivity contribution in [3.8, 4) is 5.75 Å². The summed E-state index contributed by atoms with van der Waals surface area (Å²) in [7, 11) is -4.19. The molecule has 39 heavy (non-hydrogen) atoms. The first kappa shape index (κ1) is 26.1. The maximum atomic E-state index is 13.9. The molecule has 0 fully saturated rings. The van der Waals surface area contributed by atoms with E-state index in [-0.39, 0.29) is 35.5 Å². The van der Waals surface area contributed by atoms with E-state index in [4.69, 9.17) is 4.18 Å². The summed E-state index contributed by atoms with van der Waals surface area (Å²) in [4.78, 5) is 15.3. The van der Waals surface area contributed by atoms with Gasteiger partial charge in [-0.05, 0) is 76.5 Å². The van der Waals surface area contributed by atoms with Crippen LogP contribution in [0.3, 0.4) is 0 Å². The lowest BCUT2D eigenvalue weighted by molar-refractivity contribution is 0.0732. The predicted molar refractivity (Wildman–Crippen MR) is 145 cm³/mol. The molecule has 0 bridgehead atoms. The number of rotatable bonds is 8. The van der Waals surface area contributed by atoms with Crippen LogP contribution in [0, 0.1) is 11.6 Å². The van der Waals surface area contributed by atoms with Crippen molar-refractivity contribution in [1.29, 1.82) is 0 Å². The molecule has 0 spiro atoms. The molecule has 0 heterocycles. The van der Waals surface area contributed by atoms with E-state index >= 15 is 0 Å². The van der Waals surface area contributed by atoms with E-state index in [1.165, 1.54) is 24.3 Å². The van der Waals surface area contributed by atoms with Crippen molar-refractivity contribution in [2.24, 2.45) is 0 Å². The molecule has 5 aromatic carbocycles. The maximum absolute atomic E-state index is 13.9. The Morgan fingerprint density at radius 1 is 0.692 bits per heavy atom. The molecule has 0 aliphatic heterocycles. The second kappa shape index (κ2) is 11.0. The van der Waals surface area contributed by atoms with Crippen molar-refractivity contribution in [2.75, 3.05) is 0 Å². The fraction of sp³-hybridized carbons (Fsp3) is 0.0645. The van der Waals surface area contributed by atoms with Crippen molar-refractivity contribution < 1.29 is 26.2 Å². The third-order valence-corrected chi connectivity index (χ3v) is 7.44. The molecule has 0 aromatic heterocycles. The highest BCUT2D eigenvalue weighted by Crippen LogP contribution is 2.25. The fourth-order valence-electron chi connectivity index (χ4n) is 4.28. The Labute approximate surface area is 225 Å². The smallest absolute Gasteiger partial charge is 0.339 e. The van der Waals surface area contributed by atoms with Gasteiger partial charge in [0.2, 0.25) is 0 Å². The van der Waals surface area contributed by atoms with E-state index in [1.807, 2.05) is 36.4 Å². The summed E-state index contributed by atoms with van der Waals surface area (Å²) in [6, 6.07) is 29.7. The van der Waals surface area contributed by atoms with Crippen LogP contribution in [-0.4, -0.2) is 19.2 Å². The zero-order valence-corrected chi connectivity index (χ0v) is 21.4. The minimum atomic E-state index is -4.19. The summed E-state index contributed by atoms with van der Waals surface area (Å²) < 4.78 is 57.4. The predicted octanol–water partition coefficient (Wildman–Crippen LogP) is 6.73. The third-order valence-electron chi connectivity index (χ3n) is 6.17. The first-order valence-electron chi connectivity index (χ1n) is 12.1. The summed E-state index contributed by atoms with van der Waals surface area (Å²) in [5, 5.41) is 1.73. The topological polar surface area (TPSA) is 63.7 Å². The first-order chi connectivity index (χ1) is 18.8. The Morgan fingerprint density at radius 3 is 2.05 bits per heavy atom. The molecule has 5 rings (SSSR count).